The molecular formula is C19H24N2O3. The second-order valence-corrected chi connectivity index (χ2v) is 5.42. The topological polar surface area (TPSA) is 64.8 Å². The van der Waals surface area contributed by atoms with Crippen LogP contribution >= 0.6 is 0 Å². The molecule has 24 heavy (non-hydrogen) atoms. The number of hydrogen-bond acceptors (Lipinski definition) is 4. The lowest BCUT2D eigenvalue weighted by Crippen LogP contribution is -2.29. The number of carbonyl (C=O) groups excluding carboxylic acids is 1. The van der Waals surface area contributed by atoms with Crippen molar-refractivity contribution in [1.29, 1.82) is 0 Å². The van der Waals surface area contributed by atoms with Crippen LogP contribution in [0, 0.1) is 0 Å². The van der Waals surface area contributed by atoms with Gasteiger partial charge in [-0.15, -0.1) is 0 Å². The number of benzene rings is 2. The van der Waals surface area contributed by atoms with Gasteiger partial charge in [0.05, 0.1) is 13.7 Å². The molecule has 0 bridgehead atoms. The van der Waals surface area contributed by atoms with E-state index in [1.807, 2.05) is 54.6 Å². The normalized spacial score (nSPS) is 10.2. The van der Waals surface area contributed by atoms with Crippen molar-refractivity contribution in [1.82, 2.24) is 0 Å². The fraction of sp³-hybridized carbons (Fsp3) is 0.316. The van der Waals surface area contributed by atoms with Crippen LogP contribution in [0.2, 0.25) is 0 Å². The predicted octanol–water partition coefficient (Wildman–Crippen LogP) is 2.85. The standard InChI is InChI=1S/C19H24N2O3/c1-23-17-10-8-16(9-11-17)21(14-12-19(20)22)13-5-15-24-18-6-3-2-4-7-18/h2-4,6-11H,5,12-15H2,1H3,(H2,20,22). The molecule has 0 saturated carbocycles. The summed E-state index contributed by atoms with van der Waals surface area (Å²) >= 11 is 0. The molecule has 5 heteroatoms. The fourth-order valence-corrected chi connectivity index (χ4v) is 2.37. The largest absolute Gasteiger partial charge is 0.497 e. The lowest BCUT2D eigenvalue weighted by atomic mass is 10.2. The Kier molecular flexibility index (Phi) is 6.95. The highest BCUT2D eigenvalue weighted by atomic mass is 16.5. The van der Waals surface area contributed by atoms with E-state index in [2.05, 4.69) is 4.90 Å². The van der Waals surface area contributed by atoms with Gasteiger partial charge in [0, 0.05) is 25.2 Å². The Morgan fingerprint density at radius 2 is 1.71 bits per heavy atom. The van der Waals surface area contributed by atoms with Gasteiger partial charge in [-0.3, -0.25) is 4.79 Å². The van der Waals surface area contributed by atoms with Crippen LogP contribution in [0.3, 0.4) is 0 Å². The van der Waals surface area contributed by atoms with Crippen LogP contribution in [-0.4, -0.2) is 32.7 Å². The summed E-state index contributed by atoms with van der Waals surface area (Å²) in [5.41, 5.74) is 6.32. The van der Waals surface area contributed by atoms with Crippen molar-refractivity contribution in [3.05, 3.63) is 54.6 Å². The molecular weight excluding hydrogens is 304 g/mol. The van der Waals surface area contributed by atoms with E-state index in [-0.39, 0.29) is 5.91 Å². The summed E-state index contributed by atoms with van der Waals surface area (Å²) in [4.78, 5) is 13.2. The zero-order chi connectivity index (χ0) is 17.2. The SMILES string of the molecule is COc1ccc(N(CCCOc2ccccc2)CCC(N)=O)cc1. The second kappa shape index (κ2) is 9.45. The predicted molar refractivity (Wildman–Crippen MR) is 95.6 cm³/mol. The van der Waals surface area contributed by atoms with E-state index in [1.54, 1.807) is 7.11 Å². The Balaban J connectivity index is 1.88. The van der Waals surface area contributed by atoms with Crippen LogP contribution in [0.15, 0.2) is 54.6 Å². The van der Waals surface area contributed by atoms with Gasteiger partial charge < -0.3 is 20.1 Å². The number of rotatable bonds is 10. The molecule has 0 radical (unpaired) electrons. The molecule has 2 rings (SSSR count). The first-order chi connectivity index (χ1) is 11.7. The number of carbonyl (C=O) groups is 1. The maximum atomic E-state index is 11.1. The lowest BCUT2D eigenvalue weighted by molar-refractivity contribution is -0.117. The molecule has 0 heterocycles. The molecule has 2 aromatic carbocycles. The summed E-state index contributed by atoms with van der Waals surface area (Å²) in [6.07, 6.45) is 1.17. The van der Waals surface area contributed by atoms with Gasteiger partial charge in [-0.05, 0) is 42.8 Å². The van der Waals surface area contributed by atoms with Crippen molar-refractivity contribution < 1.29 is 14.3 Å². The Morgan fingerprint density at radius 3 is 2.33 bits per heavy atom. The highest BCUT2D eigenvalue weighted by Crippen LogP contribution is 2.20. The average Bonchev–Trinajstić information content (AvgIpc) is 2.62. The highest BCUT2D eigenvalue weighted by molar-refractivity contribution is 5.74. The van der Waals surface area contributed by atoms with Crippen LogP contribution in [0.1, 0.15) is 12.8 Å². The third-order valence-corrected chi connectivity index (χ3v) is 3.65. The van der Waals surface area contributed by atoms with Gasteiger partial charge in [0.1, 0.15) is 11.5 Å². The molecule has 5 nitrogen and oxygen atoms in total. The third-order valence-electron chi connectivity index (χ3n) is 3.65. The highest BCUT2D eigenvalue weighted by Gasteiger charge is 2.08. The van der Waals surface area contributed by atoms with Crippen molar-refractivity contribution in [3.63, 3.8) is 0 Å². The molecule has 0 aliphatic rings. The van der Waals surface area contributed by atoms with Gasteiger partial charge in [0.25, 0.3) is 0 Å². The lowest BCUT2D eigenvalue weighted by Gasteiger charge is -2.24. The van der Waals surface area contributed by atoms with Crippen molar-refractivity contribution in [2.24, 2.45) is 5.73 Å². The third kappa shape index (κ3) is 5.83. The van der Waals surface area contributed by atoms with Crippen molar-refractivity contribution in [3.8, 4) is 11.5 Å². The number of anilines is 1. The smallest absolute Gasteiger partial charge is 0.219 e. The number of primary amides is 1. The summed E-state index contributed by atoms with van der Waals surface area (Å²) in [6, 6.07) is 17.5. The molecule has 0 spiro atoms. The van der Waals surface area contributed by atoms with Gasteiger partial charge in [-0.1, -0.05) is 18.2 Å². The van der Waals surface area contributed by atoms with E-state index in [1.165, 1.54) is 0 Å². The molecule has 0 saturated heterocycles. The number of methoxy groups -OCH3 is 1. The van der Waals surface area contributed by atoms with E-state index < -0.39 is 0 Å². The quantitative estimate of drug-likeness (QED) is 0.681. The molecule has 0 fully saturated rings. The summed E-state index contributed by atoms with van der Waals surface area (Å²) in [5.74, 6) is 1.38. The maximum absolute atomic E-state index is 11.1. The summed E-state index contributed by atoms with van der Waals surface area (Å²) in [7, 11) is 1.64. The van der Waals surface area contributed by atoms with Crippen LogP contribution in [0.4, 0.5) is 5.69 Å². The molecule has 0 aliphatic heterocycles. The van der Waals surface area contributed by atoms with Crippen LogP contribution < -0.4 is 20.1 Å². The van der Waals surface area contributed by atoms with E-state index in [9.17, 15) is 4.79 Å². The Labute approximate surface area is 143 Å². The average molecular weight is 328 g/mol. The monoisotopic (exact) mass is 328 g/mol. The van der Waals surface area contributed by atoms with Crippen molar-refractivity contribution in [2.75, 3.05) is 31.7 Å². The first-order valence-electron chi connectivity index (χ1n) is 8.04. The Bertz CT molecular complexity index is 614. The van der Waals surface area contributed by atoms with Crippen LogP contribution in [0.5, 0.6) is 11.5 Å². The number of amides is 1. The fourth-order valence-electron chi connectivity index (χ4n) is 2.37. The zero-order valence-corrected chi connectivity index (χ0v) is 14.0. The van der Waals surface area contributed by atoms with Crippen molar-refractivity contribution in [2.45, 2.75) is 12.8 Å². The number of hydrogen-bond donors (Lipinski definition) is 1. The summed E-state index contributed by atoms with van der Waals surface area (Å²) in [6.45, 7) is 1.99. The van der Waals surface area contributed by atoms with Gasteiger partial charge >= 0.3 is 0 Å². The number of para-hydroxylation sites is 1. The molecule has 0 aromatic heterocycles. The van der Waals surface area contributed by atoms with E-state index >= 15 is 0 Å². The minimum atomic E-state index is -0.297. The first-order valence-corrected chi connectivity index (χ1v) is 8.04. The van der Waals surface area contributed by atoms with Gasteiger partial charge in [-0.25, -0.2) is 0 Å². The molecule has 0 aliphatic carbocycles. The second-order valence-electron chi connectivity index (χ2n) is 5.42. The molecule has 128 valence electrons. The van der Waals surface area contributed by atoms with E-state index in [0.29, 0.717) is 19.6 Å². The zero-order valence-electron chi connectivity index (χ0n) is 14.0. The number of nitrogens with two attached hydrogens (primary N) is 1. The van der Waals surface area contributed by atoms with Crippen LogP contribution in [-0.2, 0) is 4.79 Å². The van der Waals surface area contributed by atoms with Gasteiger partial charge in [0.15, 0.2) is 0 Å². The summed E-state index contributed by atoms with van der Waals surface area (Å²) in [5, 5.41) is 0. The minimum Gasteiger partial charge on any atom is -0.497 e. The molecule has 2 N–H and O–H groups in total. The maximum Gasteiger partial charge on any atom is 0.219 e. The number of nitrogens with zero attached hydrogens (tertiary/aromatic N) is 1. The molecule has 1 amide bonds. The first kappa shape index (κ1) is 17.7. The molecule has 2 aromatic rings. The van der Waals surface area contributed by atoms with Gasteiger partial charge in [-0.2, -0.15) is 0 Å². The van der Waals surface area contributed by atoms with Crippen LogP contribution in [0.25, 0.3) is 0 Å². The van der Waals surface area contributed by atoms with E-state index in [0.717, 1.165) is 30.2 Å². The number of ether oxygens (including phenoxy) is 2. The van der Waals surface area contributed by atoms with Gasteiger partial charge in [0.2, 0.25) is 5.91 Å². The Hall–Kier alpha value is -2.69. The molecule has 0 atom stereocenters. The summed E-state index contributed by atoms with van der Waals surface area (Å²) < 4.78 is 10.9. The molecule has 0 unspecified atom stereocenters. The Morgan fingerprint density at radius 1 is 1.00 bits per heavy atom. The van der Waals surface area contributed by atoms with Crippen molar-refractivity contribution >= 4 is 11.6 Å². The van der Waals surface area contributed by atoms with E-state index in [4.69, 9.17) is 15.2 Å². The minimum absolute atomic E-state index is 0.297.